The van der Waals surface area contributed by atoms with Crippen LogP contribution >= 0.6 is 11.3 Å². The second-order valence-electron chi connectivity index (χ2n) is 6.55. The molecule has 2 saturated heterocycles. The van der Waals surface area contributed by atoms with E-state index in [0.717, 1.165) is 38.9 Å². The van der Waals surface area contributed by atoms with Crippen molar-refractivity contribution in [3.05, 3.63) is 22.4 Å². The Labute approximate surface area is 129 Å². The van der Waals surface area contributed by atoms with Gasteiger partial charge in [0, 0.05) is 24.1 Å². The molecular weight excluding hydrogens is 284 g/mol. The van der Waals surface area contributed by atoms with Crippen LogP contribution in [0.15, 0.2) is 17.5 Å². The van der Waals surface area contributed by atoms with Gasteiger partial charge in [0.25, 0.3) is 0 Å². The zero-order valence-corrected chi connectivity index (χ0v) is 13.2. The summed E-state index contributed by atoms with van der Waals surface area (Å²) < 4.78 is 5.47. The number of nitrogens with zero attached hydrogens (tertiary/aromatic N) is 1. The van der Waals surface area contributed by atoms with Gasteiger partial charge in [-0.05, 0) is 50.0 Å². The number of carbonyl (C=O) groups is 1. The van der Waals surface area contributed by atoms with E-state index in [1.807, 2.05) is 0 Å². The highest BCUT2D eigenvalue weighted by molar-refractivity contribution is 7.10. The molecule has 0 aromatic carbocycles. The van der Waals surface area contributed by atoms with Crippen LogP contribution in [0.5, 0.6) is 0 Å². The van der Waals surface area contributed by atoms with Crippen molar-refractivity contribution in [3.8, 4) is 0 Å². The first-order chi connectivity index (χ1) is 10.2. The van der Waals surface area contributed by atoms with E-state index in [0.29, 0.717) is 11.8 Å². The van der Waals surface area contributed by atoms with Crippen LogP contribution in [0.1, 0.15) is 43.6 Å². The topological polar surface area (TPSA) is 41.6 Å². The molecule has 0 radical (unpaired) electrons. The predicted molar refractivity (Wildman–Crippen MR) is 82.0 cm³/mol. The van der Waals surface area contributed by atoms with Crippen molar-refractivity contribution < 1.29 is 9.53 Å². The smallest absolute Gasteiger partial charge is 0.244 e. The lowest BCUT2D eigenvalue weighted by atomic mass is 9.91. The maximum absolute atomic E-state index is 12.9. The maximum Gasteiger partial charge on any atom is 0.244 e. The molecule has 1 amide bonds. The van der Waals surface area contributed by atoms with Gasteiger partial charge < -0.3 is 9.64 Å². The van der Waals surface area contributed by atoms with E-state index in [1.165, 1.54) is 4.88 Å². The minimum absolute atomic E-state index is 0.0674. The van der Waals surface area contributed by atoms with Gasteiger partial charge in [0.05, 0.1) is 0 Å². The van der Waals surface area contributed by atoms with Gasteiger partial charge >= 0.3 is 0 Å². The van der Waals surface area contributed by atoms with E-state index in [1.54, 1.807) is 11.3 Å². The highest BCUT2D eigenvalue weighted by atomic mass is 32.1. The van der Waals surface area contributed by atoms with Gasteiger partial charge in [0.2, 0.25) is 5.91 Å². The molecule has 1 aromatic heterocycles. The fourth-order valence-electron chi connectivity index (χ4n) is 3.74. The molecule has 1 N–H and O–H groups in total. The molecule has 3 heterocycles. The van der Waals surface area contributed by atoms with Crippen LogP contribution in [0.3, 0.4) is 0 Å². The third-order valence-electron chi connectivity index (χ3n) is 5.28. The lowest BCUT2D eigenvalue weighted by Gasteiger charge is -2.37. The summed E-state index contributed by atoms with van der Waals surface area (Å²) in [7, 11) is 0. The van der Waals surface area contributed by atoms with Crippen molar-refractivity contribution in [3.63, 3.8) is 0 Å². The zero-order chi connectivity index (χ0) is 14.4. The molecule has 3 aliphatic rings. The molecule has 0 bridgehead atoms. The summed E-state index contributed by atoms with van der Waals surface area (Å²) in [4.78, 5) is 16.3. The fourth-order valence-corrected chi connectivity index (χ4v) is 4.51. The number of ether oxygens (including phenoxy) is 1. The average Bonchev–Trinajstić information content (AvgIpc) is 2.98. The molecule has 2 atom stereocenters. The molecule has 4 rings (SSSR count). The van der Waals surface area contributed by atoms with Crippen LogP contribution in [-0.2, 0) is 9.53 Å². The Balaban J connectivity index is 1.61. The summed E-state index contributed by atoms with van der Waals surface area (Å²) in [5, 5.41) is 5.71. The van der Waals surface area contributed by atoms with E-state index < -0.39 is 0 Å². The quantitative estimate of drug-likeness (QED) is 0.933. The van der Waals surface area contributed by atoms with Gasteiger partial charge in [-0.3, -0.25) is 10.1 Å². The van der Waals surface area contributed by atoms with Crippen molar-refractivity contribution in [2.75, 3.05) is 13.2 Å². The summed E-state index contributed by atoms with van der Waals surface area (Å²) in [6.07, 6.45) is 4.18. The molecule has 1 aliphatic carbocycles. The molecule has 3 fully saturated rings. The summed E-state index contributed by atoms with van der Waals surface area (Å²) in [6, 6.07) is 4.49. The van der Waals surface area contributed by atoms with E-state index in [9.17, 15) is 4.79 Å². The van der Waals surface area contributed by atoms with Gasteiger partial charge in [-0.1, -0.05) is 6.07 Å². The van der Waals surface area contributed by atoms with Crippen LogP contribution < -0.4 is 5.32 Å². The Bertz CT molecular complexity index is 520. The summed E-state index contributed by atoms with van der Waals surface area (Å²) >= 11 is 1.74. The molecule has 2 aliphatic heterocycles. The van der Waals surface area contributed by atoms with Crippen LogP contribution in [0, 0.1) is 5.92 Å². The second kappa shape index (κ2) is 5.07. The molecule has 114 valence electrons. The monoisotopic (exact) mass is 306 g/mol. The molecular formula is C16H22N2O2S. The van der Waals surface area contributed by atoms with Crippen LogP contribution in [0.25, 0.3) is 0 Å². The number of hydrogen-bond acceptors (Lipinski definition) is 4. The molecule has 5 heteroatoms. The molecule has 2 unspecified atom stereocenters. The maximum atomic E-state index is 12.9. The van der Waals surface area contributed by atoms with Crippen molar-refractivity contribution in [2.24, 2.45) is 5.92 Å². The van der Waals surface area contributed by atoms with Gasteiger partial charge in [-0.25, -0.2) is 0 Å². The number of carbonyl (C=O) groups excluding carboxylic acids is 1. The van der Waals surface area contributed by atoms with Crippen LogP contribution in [-0.4, -0.2) is 35.6 Å². The van der Waals surface area contributed by atoms with Gasteiger partial charge in [0.1, 0.15) is 11.7 Å². The molecule has 1 saturated carbocycles. The largest absolute Gasteiger partial charge is 0.381 e. The zero-order valence-electron chi connectivity index (χ0n) is 12.4. The number of thiophene rings is 1. The van der Waals surface area contributed by atoms with E-state index in [-0.39, 0.29) is 17.7 Å². The lowest BCUT2D eigenvalue weighted by Crippen LogP contribution is -2.44. The number of hydrogen-bond donors (Lipinski definition) is 1. The van der Waals surface area contributed by atoms with E-state index in [2.05, 4.69) is 34.7 Å². The minimum atomic E-state index is -0.242. The Kier molecular flexibility index (Phi) is 3.32. The Hall–Kier alpha value is -0.910. The molecule has 1 spiro atoms. The third-order valence-corrected chi connectivity index (χ3v) is 6.21. The van der Waals surface area contributed by atoms with Crippen molar-refractivity contribution in [1.29, 1.82) is 0 Å². The van der Waals surface area contributed by atoms with Gasteiger partial charge in [-0.15, -0.1) is 11.3 Å². The second-order valence-corrected chi connectivity index (χ2v) is 7.53. The lowest BCUT2D eigenvalue weighted by molar-refractivity contribution is -0.134. The van der Waals surface area contributed by atoms with E-state index in [4.69, 9.17) is 4.74 Å². The van der Waals surface area contributed by atoms with Crippen molar-refractivity contribution in [2.45, 2.75) is 50.4 Å². The Morgan fingerprint density at radius 1 is 1.43 bits per heavy atom. The standard InChI is InChI=1S/C16H22N2O2S/c1-11(12-4-8-20-9-5-12)18-14(13-3-2-10-21-13)17-16(6-7-16)15(18)19/h2-3,10-12,14,17H,4-9H2,1H3. The van der Waals surface area contributed by atoms with E-state index >= 15 is 0 Å². The van der Waals surface area contributed by atoms with Crippen molar-refractivity contribution >= 4 is 17.2 Å². The molecule has 4 nitrogen and oxygen atoms in total. The number of nitrogens with one attached hydrogen (secondary N) is 1. The number of amides is 1. The van der Waals surface area contributed by atoms with Gasteiger partial charge in [0.15, 0.2) is 0 Å². The average molecular weight is 306 g/mol. The first-order valence-electron chi connectivity index (χ1n) is 7.93. The third kappa shape index (κ3) is 2.22. The first-order valence-corrected chi connectivity index (χ1v) is 8.81. The summed E-state index contributed by atoms with van der Waals surface area (Å²) in [5.41, 5.74) is -0.242. The fraction of sp³-hybridized carbons (Fsp3) is 0.688. The summed E-state index contributed by atoms with van der Waals surface area (Å²) in [6.45, 7) is 3.89. The first kappa shape index (κ1) is 13.7. The molecule has 21 heavy (non-hydrogen) atoms. The highest BCUT2D eigenvalue weighted by Crippen LogP contribution is 2.48. The van der Waals surface area contributed by atoms with Crippen LogP contribution in [0.2, 0.25) is 0 Å². The predicted octanol–water partition coefficient (Wildman–Crippen LogP) is 2.53. The Morgan fingerprint density at radius 3 is 2.81 bits per heavy atom. The van der Waals surface area contributed by atoms with Crippen LogP contribution in [0.4, 0.5) is 0 Å². The minimum Gasteiger partial charge on any atom is -0.381 e. The SMILES string of the molecule is CC(C1CCOCC1)N1C(=O)C2(CC2)NC1c1cccs1. The highest BCUT2D eigenvalue weighted by Gasteiger charge is 2.60. The normalized spacial score (nSPS) is 30.0. The summed E-state index contributed by atoms with van der Waals surface area (Å²) in [5.74, 6) is 0.876. The van der Waals surface area contributed by atoms with Gasteiger partial charge in [-0.2, -0.15) is 0 Å². The Morgan fingerprint density at radius 2 is 2.19 bits per heavy atom. The number of rotatable bonds is 3. The molecule has 1 aromatic rings. The van der Waals surface area contributed by atoms with Crippen molar-refractivity contribution in [1.82, 2.24) is 10.2 Å².